The molecular weight excluding hydrogens is 1680 g/mol. The highest BCUT2D eigenvalue weighted by Gasteiger charge is 2.32. The van der Waals surface area contributed by atoms with E-state index in [-0.39, 0.29) is 31.3 Å². The van der Waals surface area contributed by atoms with Crippen molar-refractivity contribution in [1.82, 2.24) is 41.2 Å². The van der Waals surface area contributed by atoms with Crippen LogP contribution in [0, 0.1) is 37.1 Å². The largest absolute Gasteiger partial charge is 0.416 e. The van der Waals surface area contributed by atoms with Crippen LogP contribution in [-0.2, 0) is 6.18 Å². The van der Waals surface area contributed by atoms with Crippen LogP contribution in [0.25, 0.3) is 43.6 Å². The number of fused-ring (bicyclic) bond motifs is 4. The topological polar surface area (TPSA) is 216 Å². The molecule has 0 atom stereocenters. The molecule has 0 saturated heterocycles. The third kappa shape index (κ3) is 26.5. The molecule has 0 spiro atoms. The van der Waals surface area contributed by atoms with Crippen LogP contribution in [-0.4, -0.2) is 101 Å². The minimum atomic E-state index is -4.48. The number of halogens is 11. The van der Waals surface area contributed by atoms with E-state index in [1.54, 1.807) is 66.9 Å². The maximum absolute atomic E-state index is 14.0. The van der Waals surface area contributed by atoms with Crippen molar-refractivity contribution in [3.8, 4) is 0 Å². The van der Waals surface area contributed by atoms with E-state index in [4.69, 9.17) is 46.4 Å². The fourth-order valence-corrected chi connectivity index (χ4v) is 16.0. The number of carbonyl (C=O) groups excluding carboxylic acids is 4. The number of pyridine rings is 4. The molecule has 16 nitrogen and oxygen atoms in total. The van der Waals surface area contributed by atoms with E-state index in [1.807, 2.05) is 151 Å². The van der Waals surface area contributed by atoms with Gasteiger partial charge in [-0.2, -0.15) is 13.2 Å². The van der Waals surface area contributed by atoms with Gasteiger partial charge in [-0.3, -0.25) is 39.1 Å². The summed E-state index contributed by atoms with van der Waals surface area (Å²) in [6, 6.07) is 58.8. The van der Waals surface area contributed by atoms with Gasteiger partial charge < -0.3 is 42.5 Å². The first kappa shape index (κ1) is 92.4. The van der Waals surface area contributed by atoms with Crippen LogP contribution in [0.4, 0.5) is 53.5 Å². The van der Waals surface area contributed by atoms with Gasteiger partial charge in [0.2, 0.25) is 0 Å². The SMILES string of the molecule is C.Cc1c(F)c(F)c(F)c(C(=O)NCCCNc2ccnc3cc(Cl)ccc23)c1F.Cc1cc(C(=O)NCCCNc2ccnc3cc(Cl)ccc23)cc(C(F)(F)F)c1.O=C(NCCCNc1ccnc2cc(Cl)ccc12)c1ccccc1SC1CCCCC1.O=C(NCCCNc1ccnc2cc(Cl)ccc12)c1ccccc1Sc1ccccc1. The van der Waals surface area contributed by atoms with Crippen LogP contribution in [0.15, 0.2) is 234 Å². The number of aryl methyl sites for hydroxylation is 1. The maximum Gasteiger partial charge on any atom is 0.416 e. The Morgan fingerprint density at radius 2 is 0.785 bits per heavy atom. The predicted octanol–water partition coefficient (Wildman–Crippen LogP) is 23.9. The molecule has 0 aliphatic heterocycles. The van der Waals surface area contributed by atoms with Gasteiger partial charge in [0.15, 0.2) is 17.5 Å². The summed E-state index contributed by atoms with van der Waals surface area (Å²) in [5.41, 5.74) is 6.14. The second-order valence-electron chi connectivity index (χ2n) is 27.9. The van der Waals surface area contributed by atoms with Gasteiger partial charge in [-0.15, -0.1) is 11.8 Å². The molecular formula is C92H89Cl4F7N12O4S2. The zero-order valence-electron chi connectivity index (χ0n) is 65.3. The van der Waals surface area contributed by atoms with E-state index in [0.717, 1.165) is 132 Å². The molecule has 4 aromatic heterocycles. The molecule has 8 N–H and O–H groups in total. The monoisotopic (exact) mass is 1760 g/mol. The van der Waals surface area contributed by atoms with Gasteiger partial charge in [-0.1, -0.05) is 127 Å². The Hall–Kier alpha value is -10.9. The van der Waals surface area contributed by atoms with Crippen LogP contribution in [0.3, 0.4) is 0 Å². The van der Waals surface area contributed by atoms with Crippen molar-refractivity contribution in [3.63, 3.8) is 0 Å². The molecule has 0 bridgehead atoms. The number of benzene rings is 9. The first-order valence-electron chi connectivity index (χ1n) is 38.8. The normalized spacial score (nSPS) is 11.8. The average molecular weight is 1770 g/mol. The number of hydrogen-bond donors (Lipinski definition) is 8. The second kappa shape index (κ2) is 45.6. The van der Waals surface area contributed by atoms with Gasteiger partial charge in [-0.05, 0) is 210 Å². The van der Waals surface area contributed by atoms with Crippen LogP contribution in [0.5, 0.6) is 0 Å². The summed E-state index contributed by atoms with van der Waals surface area (Å²) in [5, 5.41) is 31.4. The van der Waals surface area contributed by atoms with E-state index in [2.05, 4.69) is 68.5 Å². The van der Waals surface area contributed by atoms with Gasteiger partial charge in [0.1, 0.15) is 11.4 Å². The number of carbonyl (C=O) groups is 4. The van der Waals surface area contributed by atoms with Crippen LogP contribution in [0.2, 0.25) is 20.1 Å². The Morgan fingerprint density at radius 1 is 0.405 bits per heavy atom. The molecule has 14 rings (SSSR count). The molecule has 1 fully saturated rings. The first-order valence-corrected chi connectivity index (χ1v) is 42.0. The lowest BCUT2D eigenvalue weighted by molar-refractivity contribution is -0.137. The van der Waals surface area contributed by atoms with Crippen molar-refractivity contribution in [2.24, 2.45) is 0 Å². The number of hydrogen-bond acceptors (Lipinski definition) is 14. The van der Waals surface area contributed by atoms with Crippen LogP contribution < -0.4 is 42.5 Å². The van der Waals surface area contributed by atoms with Gasteiger partial charge in [0, 0.05) is 173 Å². The fraction of sp³-hybridized carbons (Fsp3) is 0.239. The third-order valence-electron chi connectivity index (χ3n) is 19.1. The summed E-state index contributed by atoms with van der Waals surface area (Å²) in [6.07, 6.45) is 11.5. The molecule has 0 radical (unpaired) electrons. The number of thioether (sulfide) groups is 1. The number of rotatable bonds is 28. The molecule has 4 amide bonds. The number of amides is 4. The molecule has 4 heterocycles. The lowest BCUT2D eigenvalue weighted by Gasteiger charge is -2.22. The summed E-state index contributed by atoms with van der Waals surface area (Å²) >= 11 is 27.5. The van der Waals surface area contributed by atoms with Gasteiger partial charge in [0.25, 0.3) is 23.6 Å². The van der Waals surface area contributed by atoms with E-state index >= 15 is 0 Å². The zero-order chi connectivity index (χ0) is 85.1. The number of aromatic nitrogens is 4. The molecule has 29 heteroatoms. The Morgan fingerprint density at radius 3 is 1.21 bits per heavy atom. The van der Waals surface area contributed by atoms with Crippen molar-refractivity contribution in [1.29, 1.82) is 0 Å². The smallest absolute Gasteiger partial charge is 0.384 e. The number of nitrogens with one attached hydrogen (secondary N) is 8. The minimum Gasteiger partial charge on any atom is -0.384 e. The fourth-order valence-electron chi connectivity index (χ4n) is 13.0. The summed E-state index contributed by atoms with van der Waals surface area (Å²) in [6.45, 7) is 6.58. The highest BCUT2D eigenvalue weighted by Crippen LogP contribution is 2.37. The lowest BCUT2D eigenvalue weighted by atomic mass is 10.0. The quantitative estimate of drug-likeness (QED) is 0.00991. The number of nitrogens with zero attached hydrogens (tertiary/aromatic N) is 4. The highest BCUT2D eigenvalue weighted by molar-refractivity contribution is 8.00. The van der Waals surface area contributed by atoms with E-state index in [9.17, 15) is 49.9 Å². The molecule has 121 heavy (non-hydrogen) atoms. The van der Waals surface area contributed by atoms with Crippen LogP contribution >= 0.6 is 69.9 Å². The number of alkyl halides is 3. The minimum absolute atomic E-state index is 0. The van der Waals surface area contributed by atoms with Gasteiger partial charge >= 0.3 is 6.18 Å². The third-order valence-corrected chi connectivity index (χ3v) is 22.5. The Kier molecular flexibility index (Phi) is 34.8. The zero-order valence-corrected chi connectivity index (χ0v) is 69.9. The van der Waals surface area contributed by atoms with E-state index in [1.165, 1.54) is 45.1 Å². The summed E-state index contributed by atoms with van der Waals surface area (Å²) < 4.78 is 93.3. The Balaban J connectivity index is 0.000000169. The summed E-state index contributed by atoms with van der Waals surface area (Å²) in [7, 11) is 0. The van der Waals surface area contributed by atoms with Crippen LogP contribution in [0.1, 0.15) is 123 Å². The summed E-state index contributed by atoms with van der Waals surface area (Å²) in [5.74, 6) is -8.49. The number of anilines is 4. The molecule has 0 unspecified atom stereocenters. The first-order chi connectivity index (χ1) is 58.0. The molecule has 13 aromatic rings. The average Bonchev–Trinajstić information content (AvgIpc) is 0.789. The molecule has 1 aliphatic carbocycles. The van der Waals surface area contributed by atoms with Gasteiger partial charge in [0.05, 0.1) is 38.8 Å². The predicted molar refractivity (Wildman–Crippen MR) is 479 cm³/mol. The van der Waals surface area contributed by atoms with Crippen molar-refractivity contribution >= 4 is 160 Å². The van der Waals surface area contributed by atoms with Gasteiger partial charge in [-0.25, -0.2) is 17.6 Å². The molecule has 1 aliphatic rings. The maximum atomic E-state index is 14.0. The van der Waals surface area contributed by atoms with Crippen molar-refractivity contribution in [2.45, 2.75) is 105 Å². The lowest BCUT2D eigenvalue weighted by Crippen LogP contribution is -2.28. The van der Waals surface area contributed by atoms with E-state index < -0.39 is 57.9 Å². The van der Waals surface area contributed by atoms with Crippen molar-refractivity contribution < 1.29 is 49.9 Å². The van der Waals surface area contributed by atoms with Crippen molar-refractivity contribution in [2.75, 3.05) is 73.6 Å². The standard InChI is InChI=1S/C25H28ClN3OS.C25H22ClN3OS.C21H19ClF3N3O.C20H16ClF4N3O.CH4/c2*26-18-11-12-20-22(13-16-28-23(20)17-18)27-14-6-15-29-25(30)21-9-4-5-10-24(21)31-19-7-2-1-3-8-19;1-13-9-14(11-15(10-13)21(23,24)25)20(29)28-7-2-6-26-18-5-8-27-19-12-16(22)3-4-17(18)19;1-10-16(22)15(18(24)19(25)17(10)23)20(29)28-7-2-6-26-13-5-8-27-14-9-11(21)3-4-12(13)14;/h4-5,9-13,16-17,19H,1-3,6-8,14-15H2,(H,27,28)(H,29,30);1-5,7-13,16-17H,6,14-15H2,(H,27,28)(H,29,30);3-5,8-12H,2,6-7H2,1H3,(H,26,27)(H,28,29);3-5,8-9H,2,6-7H2,1H3,(H,26,27)(H,28,29);1H4. The molecule has 1 saturated carbocycles. The molecule has 630 valence electrons. The van der Waals surface area contributed by atoms with E-state index in [0.29, 0.717) is 82.0 Å². The highest BCUT2D eigenvalue weighted by atomic mass is 35.5. The van der Waals surface area contributed by atoms with Crippen molar-refractivity contribution in [3.05, 3.63) is 301 Å². The molecule has 9 aromatic carbocycles. The second-order valence-corrected chi connectivity index (χ2v) is 32.1. The Bertz CT molecular complexity index is 5720. The Labute approximate surface area is 726 Å². The summed E-state index contributed by atoms with van der Waals surface area (Å²) in [4.78, 5) is 70.1.